The summed E-state index contributed by atoms with van der Waals surface area (Å²) in [6.07, 6.45) is 3.81. The van der Waals surface area contributed by atoms with E-state index in [9.17, 15) is 9.18 Å². The number of fused-ring (bicyclic) bond motifs is 1. The molecule has 5 heteroatoms. The van der Waals surface area contributed by atoms with Gasteiger partial charge in [0.05, 0.1) is 24.9 Å². The summed E-state index contributed by atoms with van der Waals surface area (Å²) in [5.41, 5.74) is 3.34. The monoisotopic (exact) mass is 371 g/mol. The summed E-state index contributed by atoms with van der Waals surface area (Å²) in [5, 5.41) is 8.90. The van der Waals surface area contributed by atoms with Gasteiger partial charge < -0.3 is 14.7 Å². The lowest BCUT2D eigenvalue weighted by Crippen LogP contribution is -2.34. The van der Waals surface area contributed by atoms with Crippen molar-refractivity contribution in [3.05, 3.63) is 71.0 Å². The van der Waals surface area contributed by atoms with Crippen molar-refractivity contribution in [3.63, 3.8) is 0 Å². The minimum Gasteiger partial charge on any atom is -0.391 e. The van der Waals surface area contributed by atoms with Gasteiger partial charge in [0.2, 0.25) is 6.41 Å². The number of hydrogen-bond acceptors (Lipinski definition) is 3. The normalized spacial score (nSPS) is 24.4. The van der Waals surface area contributed by atoms with Gasteiger partial charge in [-0.05, 0) is 55.0 Å². The third-order valence-corrected chi connectivity index (χ3v) is 5.12. The third kappa shape index (κ3) is 4.93. The van der Waals surface area contributed by atoms with Crippen LogP contribution in [0.5, 0.6) is 0 Å². The molecule has 2 aliphatic rings. The van der Waals surface area contributed by atoms with E-state index in [1.807, 2.05) is 25.1 Å². The topological polar surface area (TPSA) is 49.8 Å². The summed E-state index contributed by atoms with van der Waals surface area (Å²) in [6, 6.07) is 14.4. The Bertz CT molecular complexity index is 731. The average Bonchev–Trinajstić information content (AvgIpc) is 2.70. The van der Waals surface area contributed by atoms with Crippen molar-refractivity contribution >= 4 is 6.41 Å². The second kappa shape index (κ2) is 9.11. The molecule has 0 aromatic heterocycles. The number of ether oxygens (including phenoxy) is 1. The maximum atomic E-state index is 13.0. The van der Waals surface area contributed by atoms with Gasteiger partial charge in [-0.15, -0.1) is 0 Å². The predicted octanol–water partition coefficient (Wildman–Crippen LogP) is 3.48. The molecule has 1 fully saturated rings. The fourth-order valence-corrected chi connectivity index (χ4v) is 3.58. The molecule has 2 aromatic carbocycles. The number of amides is 1. The molecule has 144 valence electrons. The molecule has 2 aliphatic heterocycles. The molecule has 0 saturated carbocycles. The first-order chi connectivity index (χ1) is 13.1. The minimum atomic E-state index is -0.259. The van der Waals surface area contributed by atoms with E-state index >= 15 is 0 Å². The first-order valence-corrected chi connectivity index (χ1v) is 9.42. The lowest BCUT2D eigenvalue weighted by atomic mass is 9.88. The van der Waals surface area contributed by atoms with Crippen LogP contribution in [0.3, 0.4) is 0 Å². The molecule has 1 saturated heterocycles. The number of aliphatic hydroxyl groups is 1. The quantitative estimate of drug-likeness (QED) is 0.823. The number of carbonyl (C=O) groups excluding carboxylic acids is 1. The van der Waals surface area contributed by atoms with E-state index in [1.54, 1.807) is 17.0 Å². The van der Waals surface area contributed by atoms with Gasteiger partial charge >= 0.3 is 0 Å². The van der Waals surface area contributed by atoms with Gasteiger partial charge in [-0.3, -0.25) is 4.79 Å². The summed E-state index contributed by atoms with van der Waals surface area (Å²) in [6.45, 7) is 3.26. The van der Waals surface area contributed by atoms with E-state index in [0.717, 1.165) is 36.8 Å². The standard InChI is InChI=1S/C16H14FNO.C6H12O2/c17-14-7-5-13(6-8-14)16-15-4-2-1-3-12(15)9-10-18(16)11-19;1-5-2-3-6(7)4-8-5/h1-8,11,16H,9-10H2;5-7H,2-4H2,1H3/t16-;5-,6+/m00/s1. The van der Waals surface area contributed by atoms with Crippen molar-refractivity contribution in [2.75, 3.05) is 13.2 Å². The second-order valence-corrected chi connectivity index (χ2v) is 7.12. The SMILES string of the molecule is C[C@H]1CC[C@@H](O)CO1.O=CN1CCc2ccccc2[C@@H]1c1ccc(F)cc1. The zero-order valence-electron chi connectivity index (χ0n) is 15.6. The molecule has 0 unspecified atom stereocenters. The fraction of sp³-hybridized carbons (Fsp3) is 0.409. The Hall–Kier alpha value is -2.24. The molecule has 0 aliphatic carbocycles. The Morgan fingerprint density at radius 1 is 1.15 bits per heavy atom. The molecule has 0 radical (unpaired) electrons. The highest BCUT2D eigenvalue weighted by molar-refractivity contribution is 5.54. The number of benzene rings is 2. The fourth-order valence-electron chi connectivity index (χ4n) is 3.58. The highest BCUT2D eigenvalue weighted by atomic mass is 19.1. The summed E-state index contributed by atoms with van der Waals surface area (Å²) in [7, 11) is 0. The lowest BCUT2D eigenvalue weighted by molar-refractivity contribution is -0.119. The van der Waals surface area contributed by atoms with Crippen LogP contribution in [0.2, 0.25) is 0 Å². The van der Waals surface area contributed by atoms with Crippen LogP contribution < -0.4 is 0 Å². The summed E-state index contributed by atoms with van der Waals surface area (Å²) >= 11 is 0. The Labute approximate surface area is 159 Å². The van der Waals surface area contributed by atoms with Crippen LogP contribution in [0, 0.1) is 5.82 Å². The number of hydrogen-bond donors (Lipinski definition) is 1. The second-order valence-electron chi connectivity index (χ2n) is 7.12. The van der Waals surface area contributed by atoms with Gasteiger partial charge in [-0.1, -0.05) is 36.4 Å². The molecule has 4 nitrogen and oxygen atoms in total. The molecule has 3 atom stereocenters. The highest BCUT2D eigenvalue weighted by Gasteiger charge is 2.27. The largest absolute Gasteiger partial charge is 0.391 e. The van der Waals surface area contributed by atoms with Gasteiger partial charge in [0.15, 0.2) is 0 Å². The number of carbonyl (C=O) groups is 1. The van der Waals surface area contributed by atoms with Crippen LogP contribution in [-0.4, -0.2) is 41.8 Å². The molecule has 4 rings (SSSR count). The maximum Gasteiger partial charge on any atom is 0.210 e. The summed E-state index contributed by atoms with van der Waals surface area (Å²) < 4.78 is 18.2. The third-order valence-electron chi connectivity index (χ3n) is 5.12. The van der Waals surface area contributed by atoms with Crippen LogP contribution in [0.25, 0.3) is 0 Å². The summed E-state index contributed by atoms with van der Waals surface area (Å²) in [5.74, 6) is -0.259. The van der Waals surface area contributed by atoms with E-state index in [1.165, 1.54) is 17.7 Å². The van der Waals surface area contributed by atoms with Crippen molar-refractivity contribution in [1.82, 2.24) is 4.90 Å². The van der Waals surface area contributed by atoms with Gasteiger partial charge in [0.25, 0.3) is 0 Å². The molecule has 2 heterocycles. The van der Waals surface area contributed by atoms with Crippen molar-refractivity contribution in [1.29, 1.82) is 0 Å². The smallest absolute Gasteiger partial charge is 0.210 e. The van der Waals surface area contributed by atoms with Crippen LogP contribution in [0.15, 0.2) is 48.5 Å². The Morgan fingerprint density at radius 3 is 2.52 bits per heavy atom. The van der Waals surface area contributed by atoms with E-state index in [4.69, 9.17) is 9.84 Å². The highest BCUT2D eigenvalue weighted by Crippen LogP contribution is 2.34. The van der Waals surface area contributed by atoms with Crippen molar-refractivity contribution in [2.24, 2.45) is 0 Å². The zero-order chi connectivity index (χ0) is 19.2. The first kappa shape index (κ1) is 19.5. The zero-order valence-corrected chi connectivity index (χ0v) is 15.6. The number of nitrogens with zero attached hydrogens (tertiary/aromatic N) is 1. The van der Waals surface area contributed by atoms with Gasteiger partial charge in [-0.25, -0.2) is 4.39 Å². The molecule has 0 spiro atoms. The van der Waals surface area contributed by atoms with Crippen LogP contribution >= 0.6 is 0 Å². The van der Waals surface area contributed by atoms with E-state index in [0.29, 0.717) is 19.3 Å². The number of aliphatic hydroxyl groups excluding tert-OH is 1. The van der Waals surface area contributed by atoms with Crippen molar-refractivity contribution in [3.8, 4) is 0 Å². The first-order valence-electron chi connectivity index (χ1n) is 9.42. The Balaban J connectivity index is 0.000000221. The Kier molecular flexibility index (Phi) is 6.58. The molecular formula is C22H26FNO3. The van der Waals surface area contributed by atoms with E-state index < -0.39 is 0 Å². The minimum absolute atomic E-state index is 0.108. The van der Waals surface area contributed by atoms with Crippen LogP contribution in [0.4, 0.5) is 4.39 Å². The molecule has 0 bridgehead atoms. The van der Waals surface area contributed by atoms with Crippen LogP contribution in [0.1, 0.15) is 42.5 Å². The van der Waals surface area contributed by atoms with Crippen molar-refractivity contribution in [2.45, 2.75) is 44.4 Å². The van der Waals surface area contributed by atoms with E-state index in [-0.39, 0.29) is 18.0 Å². The lowest BCUT2D eigenvalue weighted by Gasteiger charge is -2.35. The average molecular weight is 371 g/mol. The Morgan fingerprint density at radius 2 is 1.89 bits per heavy atom. The predicted molar refractivity (Wildman–Crippen MR) is 102 cm³/mol. The van der Waals surface area contributed by atoms with Gasteiger partial charge in [-0.2, -0.15) is 0 Å². The summed E-state index contributed by atoms with van der Waals surface area (Å²) in [4.78, 5) is 13.0. The van der Waals surface area contributed by atoms with E-state index in [2.05, 4.69) is 6.07 Å². The number of halogens is 1. The molecular weight excluding hydrogens is 345 g/mol. The van der Waals surface area contributed by atoms with Crippen LogP contribution in [-0.2, 0) is 16.0 Å². The maximum absolute atomic E-state index is 13.0. The molecule has 2 aromatic rings. The van der Waals surface area contributed by atoms with Gasteiger partial charge in [0, 0.05) is 6.54 Å². The van der Waals surface area contributed by atoms with Gasteiger partial charge in [0.1, 0.15) is 5.82 Å². The molecule has 1 N–H and O–H groups in total. The number of rotatable bonds is 2. The molecule has 27 heavy (non-hydrogen) atoms. The molecule has 1 amide bonds. The van der Waals surface area contributed by atoms with Crippen molar-refractivity contribution < 1.29 is 19.0 Å².